The Bertz CT molecular complexity index is 260. The van der Waals surface area contributed by atoms with Crippen molar-refractivity contribution in [2.24, 2.45) is 17.6 Å². The molecule has 1 aliphatic rings. The Balaban J connectivity index is 0.00000256. The van der Waals surface area contributed by atoms with Crippen molar-refractivity contribution in [1.29, 1.82) is 0 Å². The highest BCUT2D eigenvalue weighted by atomic mass is 35.5. The maximum atomic E-state index is 12.5. The molecule has 3 nitrogen and oxygen atoms in total. The number of nitrogens with zero attached hydrogens (tertiary/aromatic N) is 1. The molecule has 17 heavy (non-hydrogen) atoms. The Morgan fingerprint density at radius 1 is 1.53 bits per heavy atom. The summed E-state index contributed by atoms with van der Waals surface area (Å²) in [6.45, 7) is 2.01. The summed E-state index contributed by atoms with van der Waals surface area (Å²) < 4.78 is 37.5. The fourth-order valence-electron chi connectivity index (χ4n) is 1.86. The lowest BCUT2D eigenvalue weighted by Crippen LogP contribution is -2.47. The van der Waals surface area contributed by atoms with Gasteiger partial charge in [0.2, 0.25) is 5.91 Å². The Kier molecular flexibility index (Phi) is 6.26. The van der Waals surface area contributed by atoms with Crippen LogP contribution in [0.2, 0.25) is 0 Å². The van der Waals surface area contributed by atoms with Gasteiger partial charge in [-0.1, -0.05) is 6.92 Å². The first kappa shape index (κ1) is 16.5. The van der Waals surface area contributed by atoms with Gasteiger partial charge in [0, 0.05) is 25.6 Å². The van der Waals surface area contributed by atoms with E-state index in [0.29, 0.717) is 13.0 Å². The summed E-state index contributed by atoms with van der Waals surface area (Å²) >= 11 is 0. The number of carbonyl (C=O) groups excluding carboxylic acids is 1. The summed E-state index contributed by atoms with van der Waals surface area (Å²) in [5.74, 6) is -2.04. The van der Waals surface area contributed by atoms with Crippen LogP contribution in [0.1, 0.15) is 19.8 Å². The van der Waals surface area contributed by atoms with Crippen LogP contribution < -0.4 is 5.73 Å². The highest BCUT2D eigenvalue weighted by Gasteiger charge is 2.42. The van der Waals surface area contributed by atoms with E-state index in [1.165, 1.54) is 4.90 Å². The van der Waals surface area contributed by atoms with Crippen molar-refractivity contribution in [2.45, 2.75) is 25.9 Å². The Hall–Kier alpha value is -0.490. The SMILES string of the molecule is CC(CN)C(=O)N1CCCC(C(F)(F)F)C1.Cl. The van der Waals surface area contributed by atoms with Gasteiger partial charge >= 0.3 is 6.18 Å². The minimum absolute atomic E-state index is 0. The quantitative estimate of drug-likeness (QED) is 0.835. The number of hydrogen-bond donors (Lipinski definition) is 1. The van der Waals surface area contributed by atoms with Crippen molar-refractivity contribution >= 4 is 18.3 Å². The van der Waals surface area contributed by atoms with Crippen LogP contribution in [0.25, 0.3) is 0 Å². The van der Waals surface area contributed by atoms with Crippen LogP contribution >= 0.6 is 12.4 Å². The number of halogens is 4. The number of amides is 1. The maximum Gasteiger partial charge on any atom is 0.393 e. The Labute approximate surface area is 105 Å². The largest absolute Gasteiger partial charge is 0.393 e. The molecule has 0 aromatic rings. The highest BCUT2D eigenvalue weighted by Crippen LogP contribution is 2.33. The highest BCUT2D eigenvalue weighted by molar-refractivity contribution is 5.85. The standard InChI is InChI=1S/C10H17F3N2O.ClH/c1-7(5-14)9(16)15-4-2-3-8(6-15)10(11,12)13;/h7-8H,2-6,14H2,1H3;1H. The second-order valence-corrected chi connectivity index (χ2v) is 4.30. The molecular weight excluding hydrogens is 257 g/mol. The van der Waals surface area contributed by atoms with Crippen LogP contribution in [0.3, 0.4) is 0 Å². The fourth-order valence-corrected chi connectivity index (χ4v) is 1.86. The molecule has 0 bridgehead atoms. The summed E-state index contributed by atoms with van der Waals surface area (Å²) in [4.78, 5) is 13.0. The van der Waals surface area contributed by atoms with E-state index in [-0.39, 0.29) is 37.8 Å². The number of hydrogen-bond acceptors (Lipinski definition) is 2. The zero-order chi connectivity index (χ0) is 12.3. The minimum atomic E-state index is -4.20. The first-order valence-electron chi connectivity index (χ1n) is 5.41. The molecule has 0 aliphatic carbocycles. The van der Waals surface area contributed by atoms with Gasteiger partial charge in [0.15, 0.2) is 0 Å². The van der Waals surface area contributed by atoms with Gasteiger partial charge in [-0.3, -0.25) is 4.79 Å². The van der Waals surface area contributed by atoms with Crippen LogP contribution in [0, 0.1) is 11.8 Å². The predicted molar refractivity (Wildman–Crippen MR) is 60.8 cm³/mol. The lowest BCUT2D eigenvalue weighted by atomic mass is 9.96. The average molecular weight is 275 g/mol. The molecule has 1 heterocycles. The lowest BCUT2D eigenvalue weighted by Gasteiger charge is -2.35. The van der Waals surface area contributed by atoms with E-state index in [1.807, 2.05) is 0 Å². The molecule has 1 saturated heterocycles. The zero-order valence-electron chi connectivity index (χ0n) is 9.67. The lowest BCUT2D eigenvalue weighted by molar-refractivity contribution is -0.188. The maximum absolute atomic E-state index is 12.5. The summed E-state index contributed by atoms with van der Waals surface area (Å²) in [7, 11) is 0. The molecule has 0 saturated carbocycles. The van der Waals surface area contributed by atoms with Crippen molar-refractivity contribution in [3.63, 3.8) is 0 Å². The van der Waals surface area contributed by atoms with Gasteiger partial charge in [0.05, 0.1) is 5.92 Å². The van der Waals surface area contributed by atoms with Crippen LogP contribution in [-0.4, -0.2) is 36.6 Å². The van der Waals surface area contributed by atoms with Gasteiger partial charge in [-0.25, -0.2) is 0 Å². The summed E-state index contributed by atoms with van der Waals surface area (Å²) in [5, 5.41) is 0. The topological polar surface area (TPSA) is 46.3 Å². The molecule has 1 rings (SSSR count). The van der Waals surface area contributed by atoms with Crippen molar-refractivity contribution in [3.8, 4) is 0 Å². The Morgan fingerprint density at radius 3 is 2.59 bits per heavy atom. The molecule has 1 fully saturated rings. The third-order valence-electron chi connectivity index (χ3n) is 2.97. The zero-order valence-corrected chi connectivity index (χ0v) is 10.5. The second-order valence-electron chi connectivity index (χ2n) is 4.30. The third kappa shape index (κ3) is 4.35. The number of rotatable bonds is 2. The van der Waals surface area contributed by atoms with E-state index >= 15 is 0 Å². The van der Waals surface area contributed by atoms with Crippen LogP contribution in [0.4, 0.5) is 13.2 Å². The monoisotopic (exact) mass is 274 g/mol. The van der Waals surface area contributed by atoms with Crippen molar-refractivity contribution in [2.75, 3.05) is 19.6 Å². The average Bonchev–Trinajstić information content (AvgIpc) is 2.26. The molecule has 2 unspecified atom stereocenters. The molecule has 0 aromatic heterocycles. The number of piperidine rings is 1. The molecule has 1 amide bonds. The van der Waals surface area contributed by atoms with Gasteiger partial charge < -0.3 is 10.6 Å². The molecule has 1 aliphatic heterocycles. The Morgan fingerprint density at radius 2 is 2.12 bits per heavy atom. The predicted octanol–water partition coefficient (Wildman–Crippen LogP) is 1.80. The summed E-state index contributed by atoms with van der Waals surface area (Å²) in [6, 6.07) is 0. The van der Waals surface area contributed by atoms with Gasteiger partial charge in [-0.05, 0) is 12.8 Å². The summed E-state index contributed by atoms with van der Waals surface area (Å²) in [6.07, 6.45) is -3.68. The van der Waals surface area contributed by atoms with Crippen molar-refractivity contribution < 1.29 is 18.0 Å². The van der Waals surface area contributed by atoms with E-state index in [9.17, 15) is 18.0 Å². The van der Waals surface area contributed by atoms with E-state index < -0.39 is 18.0 Å². The smallest absolute Gasteiger partial charge is 0.342 e. The van der Waals surface area contributed by atoms with E-state index in [0.717, 1.165) is 0 Å². The molecule has 102 valence electrons. The first-order chi connectivity index (χ1) is 7.36. The molecule has 7 heteroatoms. The third-order valence-corrected chi connectivity index (χ3v) is 2.97. The number of carbonyl (C=O) groups is 1. The van der Waals surface area contributed by atoms with Gasteiger partial charge in [0.25, 0.3) is 0 Å². The van der Waals surface area contributed by atoms with Crippen LogP contribution in [0.5, 0.6) is 0 Å². The van der Waals surface area contributed by atoms with Gasteiger partial charge in [0.1, 0.15) is 0 Å². The molecule has 0 radical (unpaired) electrons. The number of nitrogens with two attached hydrogens (primary N) is 1. The van der Waals surface area contributed by atoms with Gasteiger partial charge in [-0.15, -0.1) is 12.4 Å². The number of likely N-dealkylation sites (tertiary alicyclic amines) is 1. The van der Waals surface area contributed by atoms with Gasteiger partial charge in [-0.2, -0.15) is 13.2 Å². The van der Waals surface area contributed by atoms with Crippen molar-refractivity contribution in [3.05, 3.63) is 0 Å². The molecule has 0 aromatic carbocycles. The van der Waals surface area contributed by atoms with E-state index in [2.05, 4.69) is 0 Å². The number of alkyl halides is 3. The van der Waals surface area contributed by atoms with Crippen LogP contribution in [-0.2, 0) is 4.79 Å². The molecule has 0 spiro atoms. The molecule has 2 atom stereocenters. The van der Waals surface area contributed by atoms with E-state index in [4.69, 9.17) is 5.73 Å². The van der Waals surface area contributed by atoms with E-state index in [1.54, 1.807) is 6.92 Å². The molecule has 2 N–H and O–H groups in total. The van der Waals surface area contributed by atoms with Crippen LogP contribution in [0.15, 0.2) is 0 Å². The minimum Gasteiger partial charge on any atom is -0.342 e. The normalized spacial score (nSPS) is 22.9. The summed E-state index contributed by atoms with van der Waals surface area (Å²) in [5.41, 5.74) is 5.33. The molecular formula is C10H18ClF3N2O. The fraction of sp³-hybridized carbons (Fsp3) is 0.900. The van der Waals surface area contributed by atoms with Crippen molar-refractivity contribution in [1.82, 2.24) is 4.90 Å². The second kappa shape index (κ2) is 6.44. The first-order valence-corrected chi connectivity index (χ1v) is 5.41.